The van der Waals surface area contributed by atoms with E-state index in [1.54, 1.807) is 0 Å². The van der Waals surface area contributed by atoms with E-state index in [4.69, 9.17) is 52.1 Å². The third kappa shape index (κ3) is 9.75. The van der Waals surface area contributed by atoms with Gasteiger partial charge in [-0.3, -0.25) is 0 Å². The summed E-state index contributed by atoms with van der Waals surface area (Å²) in [7, 11) is 0. The van der Waals surface area contributed by atoms with Crippen molar-refractivity contribution in [2.45, 2.75) is 151 Å². The van der Waals surface area contributed by atoms with Gasteiger partial charge in [-0.05, 0) is 0 Å². The Hall–Kier alpha value is -1.24. The van der Waals surface area contributed by atoms with Gasteiger partial charge in [0.2, 0.25) is 28.9 Å². The molecule has 67 heavy (non-hydrogen) atoms. The van der Waals surface area contributed by atoms with E-state index >= 15 is 0 Å². The van der Waals surface area contributed by atoms with Crippen LogP contribution in [0.25, 0.3) is 0 Å². The predicted octanol–water partition coefficient (Wildman–Crippen LogP) is -14.1. The van der Waals surface area contributed by atoms with Crippen LogP contribution in [0, 0.1) is 0 Å². The summed E-state index contributed by atoms with van der Waals surface area (Å²) in [4.78, 5) is 0. The van der Waals surface area contributed by atoms with E-state index in [0.29, 0.717) is 0 Å². The standard InChI is InChI=1S/C36H62O31/c37-1-12-18(44)24(50)25(51)31(61-12)67-36(11-60-35(29(55)21(47)15(4-40)64-35)10-59-34(9-43)27(53)20(46)14(3-39)63-34)30(56)23(49)17(66-36)6-58-33(8-42)28(54)22(48)16(65-33)5-57-32(7-41)26(52)19(45)13(2-38)62-32/h12-31,37-56H,1-11H2/t12-,13-,14-,15-,16-,17-,18-,19-,20-,21-,22-,23-,24+,25-,26+,27+,28+,29+,30+,31-,32-,33-,34-,35-,36+/m1/s1. The van der Waals surface area contributed by atoms with Gasteiger partial charge in [0.15, 0.2) is 6.29 Å². The number of ether oxygens (including phenoxy) is 11. The van der Waals surface area contributed by atoms with Gasteiger partial charge < -0.3 is 154 Å². The second-order valence-corrected chi connectivity index (χ2v) is 17.1. The maximum absolute atomic E-state index is 11.7. The minimum absolute atomic E-state index is 0.806. The molecular formula is C36H62O31. The minimum atomic E-state index is -2.98. The lowest BCUT2D eigenvalue weighted by atomic mass is 9.99. The van der Waals surface area contributed by atoms with Crippen LogP contribution in [0.15, 0.2) is 0 Å². The zero-order valence-electron chi connectivity index (χ0n) is 35.3. The average molecular weight is 991 g/mol. The second-order valence-electron chi connectivity index (χ2n) is 17.1. The molecule has 6 saturated heterocycles. The SMILES string of the molecule is OC[C@H]1O[C@@](CO)(OC[C@H]2O[C@@](CO)(OC[C@H]3O[C@@](CO[C@]4(CO[C@]5(CO)O[C@H](CO)[C@@H](O)[C@@H]5O)O[C@H](CO)[C@@H](O)[C@@H]4O)(O[C@H]4O[C@H](CO)[C@@H](O)[C@H](O)[C@H]4O)[C@@H](O)[C@@H]3O)[C@@H](O)[C@@H]2O)[C@@H](O)[C@@H]1O. The van der Waals surface area contributed by atoms with Gasteiger partial charge in [-0.2, -0.15) is 0 Å². The Labute approximate surface area is 378 Å². The van der Waals surface area contributed by atoms with Crippen molar-refractivity contribution in [2.75, 3.05) is 72.7 Å². The molecule has 0 saturated carbocycles. The Morgan fingerprint density at radius 1 is 0.313 bits per heavy atom. The van der Waals surface area contributed by atoms with Gasteiger partial charge >= 0.3 is 0 Å². The van der Waals surface area contributed by atoms with Crippen molar-refractivity contribution in [3.05, 3.63) is 0 Å². The van der Waals surface area contributed by atoms with Crippen LogP contribution in [0.1, 0.15) is 0 Å². The Balaban J connectivity index is 1.26. The van der Waals surface area contributed by atoms with Crippen LogP contribution in [0.2, 0.25) is 0 Å². The summed E-state index contributed by atoms with van der Waals surface area (Å²) in [6.07, 6.45) is -39.2. The molecule has 0 aromatic heterocycles. The van der Waals surface area contributed by atoms with Crippen LogP contribution in [-0.4, -0.2) is 326 Å². The number of hydrogen-bond acceptors (Lipinski definition) is 31. The summed E-state index contributed by atoms with van der Waals surface area (Å²) in [5.74, 6) is -13.4. The molecule has 0 aromatic carbocycles. The van der Waals surface area contributed by atoms with Crippen molar-refractivity contribution < 1.29 is 154 Å². The molecule has 25 atom stereocenters. The van der Waals surface area contributed by atoms with E-state index in [9.17, 15) is 102 Å². The molecule has 6 aliphatic rings. The van der Waals surface area contributed by atoms with Gasteiger partial charge in [0.1, 0.15) is 149 Å². The third-order valence-corrected chi connectivity index (χ3v) is 12.9. The molecule has 6 rings (SSSR count). The Kier molecular flexibility index (Phi) is 17.6. The Bertz CT molecular complexity index is 1590. The van der Waals surface area contributed by atoms with Crippen molar-refractivity contribution >= 4 is 0 Å². The lowest BCUT2D eigenvalue weighted by molar-refractivity contribution is -0.405. The first-order chi connectivity index (χ1) is 31.6. The van der Waals surface area contributed by atoms with E-state index in [0.717, 1.165) is 0 Å². The molecule has 0 amide bonds. The summed E-state index contributed by atoms with van der Waals surface area (Å²) in [5, 5.41) is 210. The Morgan fingerprint density at radius 2 is 0.627 bits per heavy atom. The highest BCUT2D eigenvalue weighted by molar-refractivity contribution is 5.05. The van der Waals surface area contributed by atoms with Crippen LogP contribution in [0.4, 0.5) is 0 Å². The zero-order valence-corrected chi connectivity index (χ0v) is 35.3. The fourth-order valence-electron chi connectivity index (χ4n) is 8.67. The first kappa shape index (κ1) is 55.1. The maximum Gasteiger partial charge on any atom is 0.224 e. The molecule has 6 aliphatic heterocycles. The molecule has 0 spiro atoms. The largest absolute Gasteiger partial charge is 0.394 e. The molecule has 20 N–H and O–H groups in total. The topological polar surface area (TPSA) is 506 Å². The molecule has 0 bridgehead atoms. The highest BCUT2D eigenvalue weighted by Crippen LogP contribution is 2.43. The summed E-state index contributed by atoms with van der Waals surface area (Å²) in [6, 6.07) is 0. The smallest absolute Gasteiger partial charge is 0.224 e. The van der Waals surface area contributed by atoms with Gasteiger partial charge in [0, 0.05) is 0 Å². The zero-order chi connectivity index (χ0) is 49.6. The van der Waals surface area contributed by atoms with Gasteiger partial charge in [-0.15, -0.1) is 0 Å². The molecule has 6 fully saturated rings. The predicted molar refractivity (Wildman–Crippen MR) is 199 cm³/mol. The molecule has 392 valence electrons. The van der Waals surface area contributed by atoms with Crippen molar-refractivity contribution in [1.82, 2.24) is 0 Å². The van der Waals surface area contributed by atoms with Gasteiger partial charge in [-0.1, -0.05) is 0 Å². The highest BCUT2D eigenvalue weighted by atomic mass is 16.8. The average Bonchev–Trinajstić information content (AvgIpc) is 4.00. The third-order valence-electron chi connectivity index (χ3n) is 12.9. The van der Waals surface area contributed by atoms with Crippen molar-refractivity contribution in [3.63, 3.8) is 0 Å². The summed E-state index contributed by atoms with van der Waals surface area (Å²) < 4.78 is 61.8. The van der Waals surface area contributed by atoms with Crippen molar-refractivity contribution in [3.8, 4) is 0 Å². The monoisotopic (exact) mass is 990 g/mol. The molecule has 0 unspecified atom stereocenters. The quantitative estimate of drug-likeness (QED) is 0.0508. The fraction of sp³-hybridized carbons (Fsp3) is 1.00. The lowest BCUT2D eigenvalue weighted by Gasteiger charge is -2.44. The molecular weight excluding hydrogens is 928 g/mol. The molecule has 6 heterocycles. The van der Waals surface area contributed by atoms with E-state index in [2.05, 4.69) is 0 Å². The molecule has 0 radical (unpaired) electrons. The minimum Gasteiger partial charge on any atom is -0.394 e. The molecule has 0 aromatic rings. The van der Waals surface area contributed by atoms with Crippen LogP contribution in [0.5, 0.6) is 0 Å². The van der Waals surface area contributed by atoms with Crippen molar-refractivity contribution in [1.29, 1.82) is 0 Å². The van der Waals surface area contributed by atoms with Crippen molar-refractivity contribution in [2.24, 2.45) is 0 Å². The Morgan fingerprint density at radius 3 is 1.03 bits per heavy atom. The van der Waals surface area contributed by atoms with Crippen LogP contribution in [0.3, 0.4) is 0 Å². The van der Waals surface area contributed by atoms with Crippen LogP contribution < -0.4 is 0 Å². The van der Waals surface area contributed by atoms with Gasteiger partial charge in [0.25, 0.3) is 0 Å². The maximum atomic E-state index is 11.7. The van der Waals surface area contributed by atoms with Crippen LogP contribution in [-0.2, 0) is 52.1 Å². The highest BCUT2D eigenvalue weighted by Gasteiger charge is 2.65. The lowest BCUT2D eigenvalue weighted by Crippen LogP contribution is -2.63. The first-order valence-corrected chi connectivity index (χ1v) is 21.0. The number of aliphatic hydroxyl groups excluding tert-OH is 20. The second kappa shape index (κ2) is 21.5. The fourth-order valence-corrected chi connectivity index (χ4v) is 8.67. The molecule has 31 heteroatoms. The van der Waals surface area contributed by atoms with E-state index in [-0.39, 0.29) is 0 Å². The number of hydrogen-bond donors (Lipinski definition) is 20. The normalized spacial score (nSPS) is 52.5. The van der Waals surface area contributed by atoms with Gasteiger partial charge in [-0.25, -0.2) is 0 Å². The summed E-state index contributed by atoms with van der Waals surface area (Å²) in [5.41, 5.74) is 0. The number of aliphatic hydroxyl groups is 20. The number of rotatable bonds is 21. The van der Waals surface area contributed by atoms with E-state index in [1.807, 2.05) is 0 Å². The van der Waals surface area contributed by atoms with Crippen LogP contribution >= 0.6 is 0 Å². The van der Waals surface area contributed by atoms with E-state index < -0.39 is 224 Å². The summed E-state index contributed by atoms with van der Waals surface area (Å²) in [6.45, 7) is -11.8. The molecule has 0 aliphatic carbocycles. The summed E-state index contributed by atoms with van der Waals surface area (Å²) >= 11 is 0. The molecule has 31 nitrogen and oxygen atoms in total. The van der Waals surface area contributed by atoms with Gasteiger partial charge in [0.05, 0.1) is 39.6 Å². The first-order valence-electron chi connectivity index (χ1n) is 21.0. The van der Waals surface area contributed by atoms with E-state index in [1.165, 1.54) is 0 Å².